The zero-order valence-electron chi connectivity index (χ0n) is 12.3. The summed E-state index contributed by atoms with van der Waals surface area (Å²) in [6.07, 6.45) is 1.35. The van der Waals surface area contributed by atoms with Gasteiger partial charge in [0.25, 0.3) is 5.56 Å². The summed E-state index contributed by atoms with van der Waals surface area (Å²) < 4.78 is 3.80. The Balaban J connectivity index is 2.12. The Morgan fingerprint density at radius 1 is 1.08 bits per heavy atom. The van der Waals surface area contributed by atoms with E-state index in [2.05, 4.69) is 15.9 Å². The monoisotopic (exact) mass is 406 g/mol. The van der Waals surface area contributed by atoms with Gasteiger partial charge in [-0.3, -0.25) is 9.48 Å². The van der Waals surface area contributed by atoms with Crippen molar-refractivity contribution < 1.29 is 9.90 Å². The van der Waals surface area contributed by atoms with Gasteiger partial charge in [0.1, 0.15) is 5.56 Å². The number of aromatic nitrogens is 2. The molecule has 0 saturated carbocycles. The first-order valence-corrected chi connectivity index (χ1v) is 8.19. The number of rotatable bonds is 4. The molecule has 1 N–H and O–H groups in total. The van der Waals surface area contributed by atoms with Crippen molar-refractivity contribution in [3.63, 3.8) is 0 Å². The van der Waals surface area contributed by atoms with E-state index in [1.165, 1.54) is 10.9 Å². The second-order valence-corrected chi connectivity index (χ2v) is 6.52. The van der Waals surface area contributed by atoms with Crippen LogP contribution >= 0.6 is 27.5 Å². The van der Waals surface area contributed by atoms with Crippen molar-refractivity contribution in [2.75, 3.05) is 0 Å². The van der Waals surface area contributed by atoms with Crippen LogP contribution in [0.3, 0.4) is 0 Å². The van der Waals surface area contributed by atoms with Crippen molar-refractivity contribution in [1.82, 2.24) is 9.36 Å². The molecule has 2 aromatic carbocycles. The van der Waals surface area contributed by atoms with Crippen LogP contribution in [0.25, 0.3) is 5.69 Å². The van der Waals surface area contributed by atoms with Crippen molar-refractivity contribution in [2.45, 2.75) is 6.54 Å². The summed E-state index contributed by atoms with van der Waals surface area (Å²) in [6.45, 7) is 0.343. The minimum Gasteiger partial charge on any atom is -0.477 e. The fourth-order valence-electron chi connectivity index (χ4n) is 2.38. The van der Waals surface area contributed by atoms with E-state index in [0.29, 0.717) is 17.3 Å². The summed E-state index contributed by atoms with van der Waals surface area (Å²) in [6, 6.07) is 14.2. The highest BCUT2D eigenvalue weighted by molar-refractivity contribution is 9.10. The van der Waals surface area contributed by atoms with Gasteiger partial charge in [0.2, 0.25) is 0 Å². The Morgan fingerprint density at radius 2 is 1.71 bits per heavy atom. The lowest BCUT2D eigenvalue weighted by atomic mass is 10.2. The molecule has 0 amide bonds. The number of carboxylic acid groups (broad SMARTS) is 1. The van der Waals surface area contributed by atoms with Gasteiger partial charge in [-0.1, -0.05) is 39.7 Å². The Morgan fingerprint density at radius 3 is 2.29 bits per heavy atom. The number of aromatic carboxylic acids is 1. The van der Waals surface area contributed by atoms with Crippen molar-refractivity contribution in [1.29, 1.82) is 0 Å². The van der Waals surface area contributed by atoms with Gasteiger partial charge in [-0.25, -0.2) is 9.48 Å². The molecule has 0 spiro atoms. The highest BCUT2D eigenvalue weighted by Crippen LogP contribution is 2.15. The van der Waals surface area contributed by atoms with E-state index in [4.69, 9.17) is 11.6 Å². The van der Waals surface area contributed by atoms with Crippen molar-refractivity contribution >= 4 is 33.5 Å². The van der Waals surface area contributed by atoms with Crippen LogP contribution in [0.15, 0.2) is 64.0 Å². The zero-order chi connectivity index (χ0) is 17.3. The van der Waals surface area contributed by atoms with Crippen LogP contribution in [0.1, 0.15) is 15.9 Å². The Hall–Kier alpha value is -2.31. The summed E-state index contributed by atoms with van der Waals surface area (Å²) in [5.74, 6) is -1.25. The van der Waals surface area contributed by atoms with Gasteiger partial charge >= 0.3 is 5.97 Å². The molecular weight excluding hydrogens is 396 g/mol. The van der Waals surface area contributed by atoms with Crippen LogP contribution in [0.2, 0.25) is 5.02 Å². The van der Waals surface area contributed by atoms with E-state index in [1.807, 2.05) is 12.1 Å². The van der Waals surface area contributed by atoms with Crippen LogP contribution in [0.5, 0.6) is 0 Å². The first-order chi connectivity index (χ1) is 11.5. The van der Waals surface area contributed by atoms with E-state index in [0.717, 1.165) is 10.0 Å². The molecule has 0 radical (unpaired) electrons. The topological polar surface area (TPSA) is 64.2 Å². The molecule has 7 heteroatoms. The van der Waals surface area contributed by atoms with Gasteiger partial charge in [-0.15, -0.1) is 0 Å². The third kappa shape index (κ3) is 3.29. The van der Waals surface area contributed by atoms with E-state index in [9.17, 15) is 14.7 Å². The van der Waals surface area contributed by atoms with Gasteiger partial charge in [-0.05, 0) is 42.0 Å². The molecule has 3 aromatic rings. The molecular formula is C17H12BrClN2O3. The van der Waals surface area contributed by atoms with E-state index < -0.39 is 11.5 Å². The largest absolute Gasteiger partial charge is 0.477 e. The first-order valence-electron chi connectivity index (χ1n) is 7.02. The summed E-state index contributed by atoms with van der Waals surface area (Å²) in [5, 5.41) is 9.86. The minimum absolute atomic E-state index is 0.271. The smallest absolute Gasteiger partial charge is 0.342 e. The van der Waals surface area contributed by atoms with Crippen LogP contribution in [-0.2, 0) is 6.54 Å². The molecule has 1 aromatic heterocycles. The third-order valence-electron chi connectivity index (χ3n) is 3.52. The minimum atomic E-state index is -1.25. The summed E-state index contributed by atoms with van der Waals surface area (Å²) >= 11 is 9.23. The number of carbonyl (C=O) groups is 1. The highest BCUT2D eigenvalue weighted by atomic mass is 79.9. The zero-order valence-corrected chi connectivity index (χ0v) is 14.7. The van der Waals surface area contributed by atoms with Crippen LogP contribution in [0, 0.1) is 0 Å². The third-order valence-corrected chi connectivity index (χ3v) is 4.30. The van der Waals surface area contributed by atoms with Crippen LogP contribution in [-0.4, -0.2) is 20.4 Å². The second-order valence-electron chi connectivity index (χ2n) is 5.17. The molecule has 1 heterocycles. The lowest BCUT2D eigenvalue weighted by Gasteiger charge is -2.12. The summed E-state index contributed by atoms with van der Waals surface area (Å²) in [7, 11) is 0. The predicted octanol–water partition coefficient (Wildman–Crippen LogP) is 3.80. The molecule has 0 aliphatic rings. The Labute approximate surface area is 150 Å². The average molecular weight is 408 g/mol. The quantitative estimate of drug-likeness (QED) is 0.715. The summed E-state index contributed by atoms with van der Waals surface area (Å²) in [5.41, 5.74) is 0.646. The lowest BCUT2D eigenvalue weighted by molar-refractivity contribution is 0.0695. The highest BCUT2D eigenvalue weighted by Gasteiger charge is 2.18. The molecule has 122 valence electrons. The van der Waals surface area contributed by atoms with Gasteiger partial charge in [-0.2, -0.15) is 0 Å². The molecule has 5 nitrogen and oxygen atoms in total. The molecule has 3 rings (SSSR count). The number of halogens is 2. The van der Waals surface area contributed by atoms with Gasteiger partial charge in [0.05, 0.1) is 12.2 Å². The number of hydrogen-bond acceptors (Lipinski definition) is 2. The summed E-state index contributed by atoms with van der Waals surface area (Å²) in [4.78, 5) is 23.8. The first kappa shape index (κ1) is 16.5. The lowest BCUT2D eigenvalue weighted by Crippen LogP contribution is -2.24. The van der Waals surface area contributed by atoms with Gasteiger partial charge in [0, 0.05) is 15.7 Å². The maximum atomic E-state index is 12.5. The van der Waals surface area contributed by atoms with Gasteiger partial charge in [0.15, 0.2) is 0 Å². The number of nitrogens with zero attached hydrogens (tertiary/aromatic N) is 2. The Kier molecular flexibility index (Phi) is 4.59. The van der Waals surface area contributed by atoms with E-state index >= 15 is 0 Å². The fourth-order valence-corrected chi connectivity index (χ4v) is 2.77. The SMILES string of the molecule is O=C(O)c1cn(Cc2ccc(Cl)cc2)n(-c2ccc(Br)cc2)c1=O. The Bertz CT molecular complexity index is 943. The number of hydrogen-bond donors (Lipinski definition) is 1. The fraction of sp³-hybridized carbons (Fsp3) is 0.0588. The molecule has 0 unspecified atom stereocenters. The molecule has 0 aliphatic heterocycles. The number of carboxylic acids is 1. The van der Waals surface area contributed by atoms with E-state index in [-0.39, 0.29) is 5.56 Å². The maximum absolute atomic E-state index is 12.5. The molecule has 24 heavy (non-hydrogen) atoms. The molecule has 0 aliphatic carbocycles. The number of benzene rings is 2. The molecule has 0 fully saturated rings. The van der Waals surface area contributed by atoms with Crippen LogP contribution < -0.4 is 5.56 Å². The normalized spacial score (nSPS) is 10.8. The van der Waals surface area contributed by atoms with Crippen LogP contribution in [0.4, 0.5) is 0 Å². The average Bonchev–Trinajstić information content (AvgIpc) is 2.87. The van der Waals surface area contributed by atoms with Crippen molar-refractivity contribution in [2.24, 2.45) is 0 Å². The van der Waals surface area contributed by atoms with Crippen molar-refractivity contribution in [3.05, 3.63) is 85.7 Å². The molecule has 0 bridgehead atoms. The standard InChI is InChI=1S/C17H12BrClN2O3/c18-12-3-7-14(8-4-12)21-16(22)15(17(23)24)10-20(21)9-11-1-5-13(19)6-2-11/h1-8,10H,9H2,(H,23,24). The predicted molar refractivity (Wildman–Crippen MR) is 95.2 cm³/mol. The molecule has 0 atom stereocenters. The second kappa shape index (κ2) is 6.67. The maximum Gasteiger partial charge on any atom is 0.342 e. The van der Waals surface area contributed by atoms with E-state index in [1.54, 1.807) is 41.1 Å². The molecule has 0 saturated heterocycles. The van der Waals surface area contributed by atoms with Gasteiger partial charge < -0.3 is 5.11 Å². The van der Waals surface area contributed by atoms with Crippen molar-refractivity contribution in [3.8, 4) is 5.69 Å².